The van der Waals surface area contributed by atoms with Gasteiger partial charge in [0.25, 0.3) is 0 Å². The van der Waals surface area contributed by atoms with Crippen molar-refractivity contribution in [3.8, 4) is 0 Å². The van der Waals surface area contributed by atoms with Crippen molar-refractivity contribution >= 4 is 16.3 Å². The zero-order chi connectivity index (χ0) is 14.1. The number of nitrogens with zero attached hydrogens (tertiary/aromatic N) is 3. The molecule has 0 amide bonds. The standard InChI is InChI=1S/C14H18N4OS/c1-9(13-10(2)17-19-11(13)3)6-15-7-12-8-18-5-4-16-14(18)20-12/h4-5,8-9,15H,6-7H2,1-3H3. The highest BCUT2D eigenvalue weighted by atomic mass is 32.1. The predicted octanol–water partition coefficient (Wildman–Crippen LogP) is 2.89. The average Bonchev–Trinajstić information content (AvgIpc) is 3.04. The van der Waals surface area contributed by atoms with Gasteiger partial charge in [-0.25, -0.2) is 4.98 Å². The molecule has 0 saturated carbocycles. The highest BCUT2D eigenvalue weighted by molar-refractivity contribution is 7.17. The van der Waals surface area contributed by atoms with E-state index < -0.39 is 0 Å². The normalized spacial score (nSPS) is 13.2. The van der Waals surface area contributed by atoms with Crippen LogP contribution in [0.1, 0.15) is 34.7 Å². The molecule has 5 nitrogen and oxygen atoms in total. The van der Waals surface area contributed by atoms with E-state index in [1.807, 2.05) is 26.2 Å². The van der Waals surface area contributed by atoms with Crippen LogP contribution in [0.4, 0.5) is 0 Å². The van der Waals surface area contributed by atoms with Crippen molar-refractivity contribution in [3.05, 3.63) is 40.5 Å². The number of hydrogen-bond acceptors (Lipinski definition) is 5. The van der Waals surface area contributed by atoms with E-state index >= 15 is 0 Å². The Kier molecular flexibility index (Phi) is 3.58. The highest BCUT2D eigenvalue weighted by Gasteiger charge is 2.16. The molecular weight excluding hydrogens is 272 g/mol. The molecule has 3 rings (SSSR count). The summed E-state index contributed by atoms with van der Waals surface area (Å²) in [6.07, 6.45) is 5.92. The van der Waals surface area contributed by atoms with Gasteiger partial charge in [-0.1, -0.05) is 12.1 Å². The van der Waals surface area contributed by atoms with Crippen molar-refractivity contribution in [2.75, 3.05) is 6.54 Å². The van der Waals surface area contributed by atoms with Gasteiger partial charge in [-0.3, -0.25) is 4.40 Å². The fourth-order valence-corrected chi connectivity index (χ4v) is 3.47. The summed E-state index contributed by atoms with van der Waals surface area (Å²) in [7, 11) is 0. The number of imidazole rings is 1. The number of hydrogen-bond donors (Lipinski definition) is 1. The Bertz CT molecular complexity index is 664. The fraction of sp³-hybridized carbons (Fsp3) is 0.429. The summed E-state index contributed by atoms with van der Waals surface area (Å²) in [5.74, 6) is 1.32. The lowest BCUT2D eigenvalue weighted by molar-refractivity contribution is 0.391. The minimum Gasteiger partial charge on any atom is -0.361 e. The van der Waals surface area contributed by atoms with Gasteiger partial charge in [0.1, 0.15) is 5.76 Å². The second-order valence-corrected chi connectivity index (χ2v) is 6.18. The SMILES string of the molecule is Cc1noc(C)c1C(C)CNCc1cn2ccnc2s1. The summed E-state index contributed by atoms with van der Waals surface area (Å²) in [5.41, 5.74) is 2.21. The van der Waals surface area contributed by atoms with Gasteiger partial charge in [-0.2, -0.15) is 0 Å². The molecule has 0 aromatic carbocycles. The molecule has 20 heavy (non-hydrogen) atoms. The molecule has 0 spiro atoms. The van der Waals surface area contributed by atoms with Gasteiger partial charge in [0, 0.05) is 42.1 Å². The Morgan fingerprint density at radius 3 is 3.00 bits per heavy atom. The molecule has 106 valence electrons. The summed E-state index contributed by atoms with van der Waals surface area (Å²) in [6, 6.07) is 0. The van der Waals surface area contributed by atoms with E-state index in [0.717, 1.165) is 29.5 Å². The third-order valence-corrected chi connectivity index (χ3v) is 4.48. The van der Waals surface area contributed by atoms with Gasteiger partial charge in [-0.15, -0.1) is 11.3 Å². The van der Waals surface area contributed by atoms with E-state index in [1.165, 1.54) is 10.4 Å². The maximum atomic E-state index is 5.22. The number of fused-ring (bicyclic) bond motifs is 1. The minimum absolute atomic E-state index is 0.394. The molecule has 0 radical (unpaired) electrons. The highest BCUT2D eigenvalue weighted by Crippen LogP contribution is 2.22. The molecule has 0 fully saturated rings. The number of rotatable bonds is 5. The van der Waals surface area contributed by atoms with Crippen LogP contribution in [0.15, 0.2) is 23.1 Å². The van der Waals surface area contributed by atoms with Crippen molar-refractivity contribution in [2.45, 2.75) is 33.2 Å². The Hall–Kier alpha value is -1.66. The van der Waals surface area contributed by atoms with Gasteiger partial charge in [-0.05, 0) is 19.8 Å². The molecule has 0 aliphatic rings. The van der Waals surface area contributed by atoms with Crippen LogP contribution < -0.4 is 5.32 Å². The Labute approximate surface area is 121 Å². The van der Waals surface area contributed by atoms with Crippen LogP contribution in [-0.2, 0) is 6.54 Å². The number of aromatic nitrogens is 3. The van der Waals surface area contributed by atoms with E-state index in [4.69, 9.17) is 4.52 Å². The molecule has 1 atom stereocenters. The van der Waals surface area contributed by atoms with Crippen molar-refractivity contribution < 1.29 is 4.52 Å². The third kappa shape index (κ3) is 2.48. The number of thiazole rings is 1. The monoisotopic (exact) mass is 290 g/mol. The average molecular weight is 290 g/mol. The summed E-state index contributed by atoms with van der Waals surface area (Å²) in [4.78, 5) is 6.61. The molecular formula is C14H18N4OS. The zero-order valence-corrected chi connectivity index (χ0v) is 12.7. The molecule has 3 heterocycles. The molecule has 1 N–H and O–H groups in total. The quantitative estimate of drug-likeness (QED) is 0.785. The largest absolute Gasteiger partial charge is 0.361 e. The van der Waals surface area contributed by atoms with Gasteiger partial charge < -0.3 is 9.84 Å². The molecule has 0 saturated heterocycles. The van der Waals surface area contributed by atoms with Crippen molar-refractivity contribution in [1.29, 1.82) is 0 Å². The minimum atomic E-state index is 0.394. The Morgan fingerprint density at radius 2 is 2.30 bits per heavy atom. The molecule has 0 aliphatic carbocycles. The Balaban J connectivity index is 1.58. The van der Waals surface area contributed by atoms with Crippen LogP contribution in [0, 0.1) is 13.8 Å². The first kappa shape index (κ1) is 13.3. The molecule has 1 unspecified atom stereocenters. The van der Waals surface area contributed by atoms with Crippen LogP contribution >= 0.6 is 11.3 Å². The number of aryl methyl sites for hydroxylation is 2. The maximum absolute atomic E-state index is 5.22. The first-order chi connectivity index (χ1) is 9.65. The van der Waals surface area contributed by atoms with Gasteiger partial charge in [0.15, 0.2) is 4.96 Å². The molecule has 3 aromatic heterocycles. The van der Waals surface area contributed by atoms with E-state index in [1.54, 1.807) is 11.3 Å². The van der Waals surface area contributed by atoms with E-state index in [2.05, 4.69) is 33.0 Å². The summed E-state index contributed by atoms with van der Waals surface area (Å²) in [6.45, 7) is 7.93. The lowest BCUT2D eigenvalue weighted by Crippen LogP contribution is -2.19. The van der Waals surface area contributed by atoms with Gasteiger partial charge in [0.2, 0.25) is 0 Å². The lowest BCUT2D eigenvalue weighted by Gasteiger charge is -2.11. The van der Waals surface area contributed by atoms with Gasteiger partial charge >= 0.3 is 0 Å². The van der Waals surface area contributed by atoms with Crippen LogP contribution in [-0.4, -0.2) is 21.1 Å². The van der Waals surface area contributed by atoms with E-state index in [0.29, 0.717) is 5.92 Å². The lowest BCUT2D eigenvalue weighted by atomic mass is 10.00. The molecule has 6 heteroatoms. The van der Waals surface area contributed by atoms with Crippen LogP contribution in [0.2, 0.25) is 0 Å². The number of nitrogens with one attached hydrogen (secondary N) is 1. The van der Waals surface area contributed by atoms with Crippen LogP contribution in [0.25, 0.3) is 4.96 Å². The second-order valence-electron chi connectivity index (χ2n) is 5.08. The maximum Gasteiger partial charge on any atom is 0.193 e. The van der Waals surface area contributed by atoms with Crippen molar-refractivity contribution in [1.82, 2.24) is 19.9 Å². The summed E-state index contributed by atoms with van der Waals surface area (Å²) in [5, 5.41) is 7.51. The van der Waals surface area contributed by atoms with Crippen molar-refractivity contribution in [3.63, 3.8) is 0 Å². The van der Waals surface area contributed by atoms with E-state index in [-0.39, 0.29) is 0 Å². The second kappa shape index (κ2) is 5.38. The third-order valence-electron chi connectivity index (χ3n) is 3.47. The van der Waals surface area contributed by atoms with Crippen molar-refractivity contribution in [2.24, 2.45) is 0 Å². The first-order valence-corrected chi connectivity index (χ1v) is 7.51. The summed E-state index contributed by atoms with van der Waals surface area (Å²) >= 11 is 1.72. The van der Waals surface area contributed by atoms with Gasteiger partial charge in [0.05, 0.1) is 5.69 Å². The summed E-state index contributed by atoms with van der Waals surface area (Å²) < 4.78 is 7.28. The first-order valence-electron chi connectivity index (χ1n) is 6.70. The predicted molar refractivity (Wildman–Crippen MR) is 79.2 cm³/mol. The molecule has 0 bridgehead atoms. The zero-order valence-electron chi connectivity index (χ0n) is 11.9. The molecule has 3 aromatic rings. The van der Waals surface area contributed by atoms with Crippen LogP contribution in [0.3, 0.4) is 0 Å². The Morgan fingerprint density at radius 1 is 1.45 bits per heavy atom. The smallest absolute Gasteiger partial charge is 0.193 e. The molecule has 0 aliphatic heterocycles. The topological polar surface area (TPSA) is 55.4 Å². The van der Waals surface area contributed by atoms with Crippen LogP contribution in [0.5, 0.6) is 0 Å². The van der Waals surface area contributed by atoms with E-state index in [9.17, 15) is 0 Å². The fourth-order valence-electron chi connectivity index (χ4n) is 2.56.